The second-order valence-electron chi connectivity index (χ2n) is 8.42. The van der Waals surface area contributed by atoms with Crippen molar-refractivity contribution in [3.05, 3.63) is 35.9 Å². The Bertz CT molecular complexity index is 779. The van der Waals surface area contributed by atoms with Crippen molar-refractivity contribution < 1.29 is 28.9 Å². The van der Waals surface area contributed by atoms with Crippen LogP contribution in [0.3, 0.4) is 0 Å². The predicted molar refractivity (Wildman–Crippen MR) is 108 cm³/mol. The van der Waals surface area contributed by atoms with E-state index in [0.717, 1.165) is 16.9 Å². The fourth-order valence-electron chi connectivity index (χ4n) is 3.94. The van der Waals surface area contributed by atoms with Gasteiger partial charge in [0.2, 0.25) is 0 Å². The van der Waals surface area contributed by atoms with Gasteiger partial charge in [-0.1, -0.05) is 18.2 Å². The quantitative estimate of drug-likeness (QED) is 0.832. The summed E-state index contributed by atoms with van der Waals surface area (Å²) in [5.41, 5.74) is 1.47. The molecule has 29 heavy (non-hydrogen) atoms. The normalized spacial score (nSPS) is 24.4. The van der Waals surface area contributed by atoms with E-state index < -0.39 is 36.2 Å². The second kappa shape index (κ2) is 8.55. The summed E-state index contributed by atoms with van der Waals surface area (Å²) in [6.07, 6.45) is 1.63. The van der Waals surface area contributed by atoms with Crippen LogP contribution in [0.25, 0.3) is 5.57 Å². The van der Waals surface area contributed by atoms with Crippen LogP contribution >= 0.6 is 0 Å². The first-order valence-electron chi connectivity index (χ1n) is 9.81. The van der Waals surface area contributed by atoms with Gasteiger partial charge in [0.1, 0.15) is 24.0 Å². The first kappa shape index (κ1) is 21.3. The molecule has 2 heterocycles. The highest BCUT2D eigenvalue weighted by Gasteiger charge is 2.49. The van der Waals surface area contributed by atoms with Gasteiger partial charge in [-0.15, -0.1) is 0 Å². The maximum atomic E-state index is 12.7. The minimum absolute atomic E-state index is 0.0705. The number of hydrogen-bond acceptors (Lipinski definition) is 6. The van der Waals surface area contributed by atoms with Gasteiger partial charge in [-0.05, 0) is 50.5 Å². The monoisotopic (exact) mass is 403 g/mol. The Morgan fingerprint density at radius 2 is 1.93 bits per heavy atom. The number of Topliss-reactive ketones (excluding diaryl/α,β-unsaturated/α-hetero) is 1. The van der Waals surface area contributed by atoms with E-state index in [1.54, 1.807) is 27.9 Å². The molecular formula is C22H29NO6. The molecule has 1 aromatic rings. The van der Waals surface area contributed by atoms with Crippen LogP contribution in [0.1, 0.15) is 32.8 Å². The standard InChI is InChI=1S/C22H29NO6/c1-22(2,3)29-21(26)23-12-16-11-15(14-5-7-17(27-4)8-6-14)9-10-28-20(16)19(23)18(25)13-24/h5-9,16,19-20,24H,10-13H2,1-4H3/t16-,19+,20+/m0/s1. The molecule has 7 nitrogen and oxygen atoms in total. The average Bonchev–Trinajstić information content (AvgIpc) is 2.91. The van der Waals surface area contributed by atoms with Crippen molar-refractivity contribution in [1.29, 1.82) is 0 Å². The molecule has 0 bridgehead atoms. The number of carbonyl (C=O) groups excluding carboxylic acids is 2. The summed E-state index contributed by atoms with van der Waals surface area (Å²) in [4.78, 5) is 26.6. The molecule has 1 aromatic carbocycles. The SMILES string of the molecule is COc1ccc(C2=CCO[C@@H]3[C@@H](C2)CN(C(=O)OC(C)(C)C)[C@@H]3C(=O)CO)cc1. The summed E-state index contributed by atoms with van der Waals surface area (Å²) in [6.45, 7) is 5.37. The van der Waals surface area contributed by atoms with E-state index in [4.69, 9.17) is 14.2 Å². The number of methoxy groups -OCH3 is 1. The van der Waals surface area contributed by atoms with E-state index in [-0.39, 0.29) is 5.92 Å². The summed E-state index contributed by atoms with van der Waals surface area (Å²) in [6, 6.07) is 6.94. The number of nitrogens with zero attached hydrogens (tertiary/aromatic N) is 1. The fourth-order valence-corrected chi connectivity index (χ4v) is 3.94. The molecule has 7 heteroatoms. The number of ketones is 1. The Morgan fingerprint density at radius 3 is 2.52 bits per heavy atom. The zero-order valence-electron chi connectivity index (χ0n) is 17.4. The number of aliphatic hydroxyl groups excluding tert-OH is 1. The van der Waals surface area contributed by atoms with Gasteiger partial charge in [0.15, 0.2) is 5.78 Å². The highest BCUT2D eigenvalue weighted by atomic mass is 16.6. The zero-order chi connectivity index (χ0) is 21.2. The van der Waals surface area contributed by atoms with Crippen molar-refractivity contribution in [3.63, 3.8) is 0 Å². The molecule has 1 N–H and O–H groups in total. The summed E-state index contributed by atoms with van der Waals surface area (Å²) in [7, 11) is 1.63. The number of hydrogen-bond donors (Lipinski definition) is 1. The van der Waals surface area contributed by atoms with Crippen LogP contribution in [0, 0.1) is 5.92 Å². The smallest absolute Gasteiger partial charge is 0.411 e. The molecule has 1 fully saturated rings. The number of fused-ring (bicyclic) bond motifs is 1. The van der Waals surface area contributed by atoms with Crippen molar-refractivity contribution in [2.45, 2.75) is 44.9 Å². The van der Waals surface area contributed by atoms with Gasteiger partial charge in [-0.25, -0.2) is 4.79 Å². The molecule has 0 unspecified atom stereocenters. The van der Waals surface area contributed by atoms with Crippen LogP contribution in [0.15, 0.2) is 30.3 Å². The highest BCUT2D eigenvalue weighted by Crippen LogP contribution is 2.37. The van der Waals surface area contributed by atoms with Crippen molar-refractivity contribution in [3.8, 4) is 5.75 Å². The fraction of sp³-hybridized carbons (Fsp3) is 0.545. The van der Waals surface area contributed by atoms with Gasteiger partial charge in [-0.3, -0.25) is 9.69 Å². The molecular weight excluding hydrogens is 374 g/mol. The Balaban J connectivity index is 1.83. The molecule has 3 atom stereocenters. The third-order valence-corrected chi connectivity index (χ3v) is 5.22. The molecule has 1 amide bonds. The van der Waals surface area contributed by atoms with Gasteiger partial charge in [-0.2, -0.15) is 0 Å². The number of ether oxygens (including phenoxy) is 3. The van der Waals surface area contributed by atoms with Crippen LogP contribution in [0.4, 0.5) is 4.79 Å². The van der Waals surface area contributed by atoms with Gasteiger partial charge in [0, 0.05) is 12.5 Å². The molecule has 0 radical (unpaired) electrons. The number of aliphatic hydroxyl groups is 1. The third kappa shape index (κ3) is 4.79. The summed E-state index contributed by atoms with van der Waals surface area (Å²) in [5, 5.41) is 9.46. The molecule has 0 saturated carbocycles. The maximum Gasteiger partial charge on any atom is 0.411 e. The molecule has 3 rings (SSSR count). The van der Waals surface area contributed by atoms with Gasteiger partial charge in [0.05, 0.1) is 19.8 Å². The Labute approximate surface area is 171 Å². The molecule has 0 aliphatic carbocycles. The third-order valence-electron chi connectivity index (χ3n) is 5.22. The lowest BCUT2D eigenvalue weighted by atomic mass is 9.90. The topological polar surface area (TPSA) is 85.3 Å². The number of amides is 1. The summed E-state index contributed by atoms with van der Waals surface area (Å²) < 4.78 is 16.7. The highest BCUT2D eigenvalue weighted by molar-refractivity contribution is 5.89. The Hall–Kier alpha value is -2.38. The zero-order valence-corrected chi connectivity index (χ0v) is 17.4. The van der Waals surface area contributed by atoms with Crippen molar-refractivity contribution in [2.75, 3.05) is 26.9 Å². The van der Waals surface area contributed by atoms with Crippen LogP contribution in [-0.2, 0) is 14.3 Å². The molecule has 158 valence electrons. The van der Waals surface area contributed by atoms with Gasteiger partial charge in [0.25, 0.3) is 0 Å². The van der Waals surface area contributed by atoms with Crippen molar-refractivity contribution in [2.24, 2.45) is 5.92 Å². The minimum Gasteiger partial charge on any atom is -0.497 e. The van der Waals surface area contributed by atoms with E-state index in [9.17, 15) is 14.7 Å². The number of carbonyl (C=O) groups is 2. The second-order valence-corrected chi connectivity index (χ2v) is 8.42. The summed E-state index contributed by atoms with van der Waals surface area (Å²) >= 11 is 0. The first-order valence-corrected chi connectivity index (χ1v) is 9.81. The Kier molecular flexibility index (Phi) is 6.29. The lowest BCUT2D eigenvalue weighted by Gasteiger charge is -2.29. The number of allylic oxidation sites excluding steroid dienone is 1. The van der Waals surface area contributed by atoms with E-state index >= 15 is 0 Å². The molecule has 1 saturated heterocycles. The van der Waals surface area contributed by atoms with E-state index in [1.165, 1.54) is 4.90 Å². The van der Waals surface area contributed by atoms with Crippen LogP contribution in [-0.4, -0.2) is 66.5 Å². The number of rotatable bonds is 4. The van der Waals surface area contributed by atoms with Gasteiger partial charge < -0.3 is 19.3 Å². The van der Waals surface area contributed by atoms with Crippen LogP contribution in [0.2, 0.25) is 0 Å². The van der Waals surface area contributed by atoms with E-state index in [0.29, 0.717) is 19.6 Å². The predicted octanol–water partition coefficient (Wildman–Crippen LogP) is 2.66. The van der Waals surface area contributed by atoms with Crippen LogP contribution in [0.5, 0.6) is 5.75 Å². The number of benzene rings is 1. The molecule has 0 spiro atoms. The summed E-state index contributed by atoms with van der Waals surface area (Å²) in [5.74, 6) is 0.276. The lowest BCUT2D eigenvalue weighted by molar-refractivity contribution is -0.130. The average molecular weight is 403 g/mol. The van der Waals surface area contributed by atoms with Crippen molar-refractivity contribution in [1.82, 2.24) is 4.90 Å². The van der Waals surface area contributed by atoms with Gasteiger partial charge >= 0.3 is 6.09 Å². The van der Waals surface area contributed by atoms with E-state index in [2.05, 4.69) is 0 Å². The first-order chi connectivity index (χ1) is 13.7. The largest absolute Gasteiger partial charge is 0.497 e. The van der Waals surface area contributed by atoms with E-state index in [1.807, 2.05) is 30.3 Å². The Morgan fingerprint density at radius 1 is 1.24 bits per heavy atom. The molecule has 2 aliphatic heterocycles. The minimum atomic E-state index is -0.844. The van der Waals surface area contributed by atoms with Crippen molar-refractivity contribution >= 4 is 17.4 Å². The maximum absolute atomic E-state index is 12.7. The lowest BCUT2D eigenvalue weighted by Crippen LogP contribution is -2.48. The molecule has 2 aliphatic rings. The van der Waals surface area contributed by atoms with Crippen LogP contribution < -0.4 is 4.74 Å². The molecule has 0 aromatic heterocycles. The number of likely N-dealkylation sites (tertiary alicyclic amines) is 1.